The van der Waals surface area contributed by atoms with E-state index in [0.717, 1.165) is 42.5 Å². The van der Waals surface area contributed by atoms with Gasteiger partial charge in [-0.05, 0) is 37.8 Å². The van der Waals surface area contributed by atoms with Crippen LogP contribution in [0, 0.1) is 5.92 Å². The van der Waals surface area contributed by atoms with Gasteiger partial charge in [0.05, 0.1) is 17.9 Å². The van der Waals surface area contributed by atoms with E-state index < -0.39 is 0 Å². The minimum atomic E-state index is 0.131. The molecule has 0 radical (unpaired) electrons. The van der Waals surface area contributed by atoms with Gasteiger partial charge in [0.1, 0.15) is 0 Å². The minimum Gasteiger partial charge on any atom is -0.375 e. The Labute approximate surface area is 130 Å². The van der Waals surface area contributed by atoms with Crippen molar-refractivity contribution in [2.24, 2.45) is 5.92 Å². The molecule has 1 aromatic heterocycles. The molecule has 2 unspecified atom stereocenters. The zero-order valence-electron chi connectivity index (χ0n) is 12.4. The Bertz CT molecular complexity index is 654. The molecule has 4 rings (SSSR count). The van der Waals surface area contributed by atoms with Crippen molar-refractivity contribution >= 4 is 5.78 Å². The summed E-state index contributed by atoms with van der Waals surface area (Å²) in [6, 6.07) is 13.7. The Morgan fingerprint density at radius 1 is 1.00 bits per heavy atom. The molecule has 1 aromatic carbocycles. The lowest BCUT2D eigenvalue weighted by atomic mass is 9.87. The van der Waals surface area contributed by atoms with Crippen molar-refractivity contribution in [3.8, 4) is 11.3 Å². The first-order valence-electron chi connectivity index (χ1n) is 8.01. The van der Waals surface area contributed by atoms with Crippen LogP contribution in [-0.2, 0) is 4.74 Å². The zero-order valence-corrected chi connectivity index (χ0v) is 12.4. The molecule has 2 fully saturated rings. The number of nitrogens with zero attached hydrogens (tertiary/aromatic N) is 1. The lowest BCUT2D eigenvalue weighted by molar-refractivity contribution is -0.0149. The largest absolute Gasteiger partial charge is 0.375 e. The lowest BCUT2D eigenvalue weighted by Gasteiger charge is -2.27. The summed E-state index contributed by atoms with van der Waals surface area (Å²) in [5.74, 6) is 0.403. The topological polar surface area (TPSA) is 39.2 Å². The fourth-order valence-corrected chi connectivity index (χ4v) is 3.65. The average Bonchev–Trinajstić information content (AvgIpc) is 2.93. The van der Waals surface area contributed by atoms with Crippen molar-refractivity contribution in [2.45, 2.75) is 37.9 Å². The number of pyridine rings is 1. The maximum Gasteiger partial charge on any atom is 0.166 e. The minimum absolute atomic E-state index is 0.131. The molecule has 2 atom stereocenters. The number of ketones is 1. The van der Waals surface area contributed by atoms with Crippen molar-refractivity contribution < 1.29 is 9.53 Å². The molecule has 0 saturated carbocycles. The maximum atomic E-state index is 12.7. The molecule has 3 heterocycles. The van der Waals surface area contributed by atoms with Crippen molar-refractivity contribution in [2.75, 3.05) is 0 Å². The van der Waals surface area contributed by atoms with Crippen LogP contribution < -0.4 is 0 Å². The predicted octanol–water partition coefficient (Wildman–Crippen LogP) is 3.89. The standard InChI is InChI=1S/C19H19NO2/c21-19(15-11-16-8-9-17(12-15)22-16)14-6-4-13(5-7-14)18-3-1-2-10-20-18/h1-7,10,15-17H,8-9,11-12H2. The summed E-state index contributed by atoms with van der Waals surface area (Å²) in [5, 5.41) is 0. The van der Waals surface area contributed by atoms with E-state index in [1.807, 2.05) is 42.5 Å². The van der Waals surface area contributed by atoms with E-state index in [9.17, 15) is 4.79 Å². The Morgan fingerprint density at radius 3 is 2.36 bits per heavy atom. The van der Waals surface area contributed by atoms with Gasteiger partial charge in [-0.2, -0.15) is 0 Å². The highest BCUT2D eigenvalue weighted by Crippen LogP contribution is 2.37. The van der Waals surface area contributed by atoms with Gasteiger partial charge in [0.15, 0.2) is 5.78 Å². The van der Waals surface area contributed by atoms with E-state index in [4.69, 9.17) is 4.74 Å². The van der Waals surface area contributed by atoms with Crippen molar-refractivity contribution in [1.82, 2.24) is 4.98 Å². The van der Waals surface area contributed by atoms with E-state index in [-0.39, 0.29) is 11.7 Å². The van der Waals surface area contributed by atoms with Crippen molar-refractivity contribution in [1.29, 1.82) is 0 Å². The van der Waals surface area contributed by atoms with Crippen LogP contribution in [0.2, 0.25) is 0 Å². The summed E-state index contributed by atoms with van der Waals surface area (Å²) in [4.78, 5) is 17.0. The second kappa shape index (κ2) is 5.65. The Kier molecular flexibility index (Phi) is 3.51. The summed E-state index contributed by atoms with van der Waals surface area (Å²) in [6.07, 6.45) is 6.40. The van der Waals surface area contributed by atoms with Crippen LogP contribution in [0.3, 0.4) is 0 Å². The normalized spacial score (nSPS) is 26.8. The summed E-state index contributed by atoms with van der Waals surface area (Å²) < 4.78 is 5.83. The summed E-state index contributed by atoms with van der Waals surface area (Å²) in [6.45, 7) is 0. The molecule has 0 spiro atoms. The van der Waals surface area contributed by atoms with Gasteiger partial charge >= 0.3 is 0 Å². The number of ether oxygens (including phenoxy) is 1. The number of hydrogen-bond acceptors (Lipinski definition) is 3. The number of aromatic nitrogens is 1. The van der Waals surface area contributed by atoms with Crippen molar-refractivity contribution in [3.05, 3.63) is 54.2 Å². The molecule has 0 N–H and O–H groups in total. The molecule has 0 amide bonds. The summed E-state index contributed by atoms with van der Waals surface area (Å²) >= 11 is 0. The first-order valence-corrected chi connectivity index (χ1v) is 8.01. The summed E-state index contributed by atoms with van der Waals surface area (Å²) in [5.41, 5.74) is 2.79. The number of carbonyl (C=O) groups excluding carboxylic acids is 1. The third-order valence-electron chi connectivity index (χ3n) is 4.79. The van der Waals surface area contributed by atoms with Crippen LogP contribution in [0.5, 0.6) is 0 Å². The number of carbonyl (C=O) groups is 1. The van der Waals surface area contributed by atoms with E-state index in [1.54, 1.807) is 6.20 Å². The molecule has 2 aliphatic heterocycles. The fraction of sp³-hybridized carbons (Fsp3) is 0.368. The van der Waals surface area contributed by atoms with Gasteiger partial charge in [-0.25, -0.2) is 0 Å². The maximum absolute atomic E-state index is 12.7. The van der Waals surface area contributed by atoms with Gasteiger partial charge in [0.2, 0.25) is 0 Å². The van der Waals surface area contributed by atoms with Crippen LogP contribution in [-0.4, -0.2) is 23.0 Å². The Balaban J connectivity index is 1.52. The highest BCUT2D eigenvalue weighted by molar-refractivity contribution is 5.98. The molecule has 3 heteroatoms. The third kappa shape index (κ3) is 2.57. The number of hydrogen-bond donors (Lipinski definition) is 0. The van der Waals surface area contributed by atoms with Crippen LogP contribution >= 0.6 is 0 Å². The van der Waals surface area contributed by atoms with Gasteiger partial charge in [0, 0.05) is 23.2 Å². The van der Waals surface area contributed by atoms with E-state index in [0.29, 0.717) is 12.2 Å². The van der Waals surface area contributed by atoms with E-state index >= 15 is 0 Å². The van der Waals surface area contributed by atoms with Crippen LogP contribution in [0.1, 0.15) is 36.0 Å². The predicted molar refractivity (Wildman–Crippen MR) is 84.6 cm³/mol. The van der Waals surface area contributed by atoms with E-state index in [1.165, 1.54) is 0 Å². The zero-order chi connectivity index (χ0) is 14.9. The molecule has 2 bridgehead atoms. The van der Waals surface area contributed by atoms with Gasteiger partial charge in [-0.3, -0.25) is 9.78 Å². The molecule has 3 nitrogen and oxygen atoms in total. The monoisotopic (exact) mass is 293 g/mol. The molecule has 2 aliphatic rings. The van der Waals surface area contributed by atoms with Crippen LogP contribution in [0.25, 0.3) is 11.3 Å². The number of Topliss-reactive ketones (excluding diaryl/α,β-unsaturated/α-hetero) is 1. The van der Waals surface area contributed by atoms with Crippen molar-refractivity contribution in [3.63, 3.8) is 0 Å². The molecule has 0 aliphatic carbocycles. The average molecular weight is 293 g/mol. The molecular formula is C19H19NO2. The SMILES string of the molecule is O=C(c1ccc(-c2ccccn2)cc1)C1CC2CCC(C1)O2. The Hall–Kier alpha value is -2.00. The number of benzene rings is 1. The van der Waals surface area contributed by atoms with Gasteiger partial charge in [-0.15, -0.1) is 0 Å². The fourth-order valence-electron chi connectivity index (χ4n) is 3.65. The first-order chi connectivity index (χ1) is 10.8. The Morgan fingerprint density at radius 2 is 1.73 bits per heavy atom. The molecule has 2 aromatic rings. The third-order valence-corrected chi connectivity index (χ3v) is 4.79. The summed E-state index contributed by atoms with van der Waals surface area (Å²) in [7, 11) is 0. The molecule has 22 heavy (non-hydrogen) atoms. The number of rotatable bonds is 3. The van der Waals surface area contributed by atoms with E-state index in [2.05, 4.69) is 4.98 Å². The highest BCUT2D eigenvalue weighted by atomic mass is 16.5. The molecular weight excluding hydrogens is 274 g/mol. The van der Waals surface area contributed by atoms with Gasteiger partial charge in [-0.1, -0.05) is 30.3 Å². The second-order valence-electron chi connectivity index (χ2n) is 6.28. The smallest absolute Gasteiger partial charge is 0.166 e. The van der Waals surface area contributed by atoms with Crippen LogP contribution in [0.4, 0.5) is 0 Å². The molecule has 2 saturated heterocycles. The number of fused-ring (bicyclic) bond motifs is 2. The second-order valence-corrected chi connectivity index (χ2v) is 6.28. The lowest BCUT2D eigenvalue weighted by Crippen LogP contribution is -2.30. The van der Waals surface area contributed by atoms with Gasteiger partial charge < -0.3 is 4.74 Å². The van der Waals surface area contributed by atoms with Crippen LogP contribution in [0.15, 0.2) is 48.7 Å². The highest BCUT2D eigenvalue weighted by Gasteiger charge is 2.38. The molecule has 112 valence electrons. The quantitative estimate of drug-likeness (QED) is 0.806. The first kappa shape index (κ1) is 13.6. The van der Waals surface area contributed by atoms with Gasteiger partial charge in [0.25, 0.3) is 0 Å².